The van der Waals surface area contributed by atoms with Crippen molar-refractivity contribution in [2.24, 2.45) is 5.92 Å². The van der Waals surface area contributed by atoms with Crippen molar-refractivity contribution < 1.29 is 9.47 Å². The van der Waals surface area contributed by atoms with Gasteiger partial charge >= 0.3 is 0 Å². The Morgan fingerprint density at radius 1 is 1.54 bits per heavy atom. The molecule has 1 aliphatic rings. The van der Waals surface area contributed by atoms with Crippen LogP contribution in [0.3, 0.4) is 0 Å². The Hall–Kier alpha value is -0.120. The summed E-state index contributed by atoms with van der Waals surface area (Å²) in [6.45, 7) is 8.75. The van der Waals surface area contributed by atoms with Crippen molar-refractivity contribution in [1.29, 1.82) is 0 Å². The number of rotatable bonds is 6. The second-order valence-electron chi connectivity index (χ2n) is 3.53. The van der Waals surface area contributed by atoms with Crippen LogP contribution < -0.4 is 5.32 Å². The van der Waals surface area contributed by atoms with Crippen LogP contribution in [-0.2, 0) is 9.47 Å². The van der Waals surface area contributed by atoms with E-state index in [4.69, 9.17) is 9.47 Å². The first-order valence-electron chi connectivity index (χ1n) is 5.24. The van der Waals surface area contributed by atoms with Crippen molar-refractivity contribution in [3.05, 3.63) is 0 Å². The molecule has 1 rings (SSSR count). The zero-order chi connectivity index (χ0) is 9.52. The van der Waals surface area contributed by atoms with E-state index in [-0.39, 0.29) is 0 Å². The summed E-state index contributed by atoms with van der Waals surface area (Å²) >= 11 is 0. The maximum absolute atomic E-state index is 5.47. The van der Waals surface area contributed by atoms with Gasteiger partial charge in [0.05, 0.1) is 12.7 Å². The summed E-state index contributed by atoms with van der Waals surface area (Å²) in [6, 6.07) is 0. The molecule has 0 saturated carbocycles. The fourth-order valence-corrected chi connectivity index (χ4v) is 1.62. The fraction of sp³-hybridized carbons (Fsp3) is 1.00. The minimum atomic E-state index is 0.430. The van der Waals surface area contributed by atoms with E-state index in [9.17, 15) is 0 Å². The average Bonchev–Trinajstić information content (AvgIpc) is 2.52. The van der Waals surface area contributed by atoms with E-state index in [1.165, 1.54) is 6.42 Å². The van der Waals surface area contributed by atoms with E-state index in [0.29, 0.717) is 12.0 Å². The van der Waals surface area contributed by atoms with Crippen molar-refractivity contribution in [3.63, 3.8) is 0 Å². The van der Waals surface area contributed by atoms with Gasteiger partial charge in [0, 0.05) is 26.3 Å². The minimum Gasteiger partial charge on any atom is -0.380 e. The molecule has 78 valence electrons. The number of nitrogens with one attached hydrogen (secondary N) is 1. The molecule has 2 unspecified atom stereocenters. The highest BCUT2D eigenvalue weighted by Gasteiger charge is 2.23. The van der Waals surface area contributed by atoms with Gasteiger partial charge in [0.15, 0.2) is 0 Å². The molecule has 1 fully saturated rings. The third-order valence-electron chi connectivity index (χ3n) is 2.57. The minimum absolute atomic E-state index is 0.430. The van der Waals surface area contributed by atoms with Crippen LogP contribution in [0.15, 0.2) is 0 Å². The predicted molar refractivity (Wildman–Crippen MR) is 52.9 cm³/mol. The summed E-state index contributed by atoms with van der Waals surface area (Å²) in [7, 11) is 0. The van der Waals surface area contributed by atoms with Crippen molar-refractivity contribution in [1.82, 2.24) is 5.32 Å². The van der Waals surface area contributed by atoms with Crippen LogP contribution in [0.5, 0.6) is 0 Å². The van der Waals surface area contributed by atoms with Crippen molar-refractivity contribution in [3.8, 4) is 0 Å². The summed E-state index contributed by atoms with van der Waals surface area (Å²) in [5.74, 6) is 0.696. The van der Waals surface area contributed by atoms with Gasteiger partial charge in [0.25, 0.3) is 0 Å². The van der Waals surface area contributed by atoms with Crippen LogP contribution in [0, 0.1) is 5.92 Å². The van der Waals surface area contributed by atoms with Gasteiger partial charge in [-0.15, -0.1) is 0 Å². The summed E-state index contributed by atoms with van der Waals surface area (Å²) in [4.78, 5) is 0. The topological polar surface area (TPSA) is 30.5 Å². The Morgan fingerprint density at radius 3 is 3.00 bits per heavy atom. The Morgan fingerprint density at radius 2 is 2.38 bits per heavy atom. The Bertz CT molecular complexity index is 130. The molecular formula is C10H21NO2. The average molecular weight is 187 g/mol. The van der Waals surface area contributed by atoms with Crippen LogP contribution in [0.4, 0.5) is 0 Å². The molecule has 1 heterocycles. The van der Waals surface area contributed by atoms with E-state index < -0.39 is 0 Å². The SMILES string of the molecule is CCOCCNCC1CCOC1C. The highest BCUT2D eigenvalue weighted by Crippen LogP contribution is 2.18. The van der Waals surface area contributed by atoms with E-state index >= 15 is 0 Å². The molecule has 1 N–H and O–H groups in total. The van der Waals surface area contributed by atoms with Gasteiger partial charge in [0.1, 0.15) is 0 Å². The third kappa shape index (κ3) is 4.07. The van der Waals surface area contributed by atoms with Crippen molar-refractivity contribution in [2.45, 2.75) is 26.4 Å². The number of hydrogen-bond donors (Lipinski definition) is 1. The highest BCUT2D eigenvalue weighted by molar-refractivity contribution is 4.74. The highest BCUT2D eigenvalue weighted by atomic mass is 16.5. The molecule has 2 atom stereocenters. The molecule has 0 aromatic carbocycles. The van der Waals surface area contributed by atoms with Gasteiger partial charge in [-0.25, -0.2) is 0 Å². The van der Waals surface area contributed by atoms with Crippen LogP contribution in [-0.4, -0.2) is 39.0 Å². The summed E-state index contributed by atoms with van der Waals surface area (Å²) < 4.78 is 10.7. The Balaban J connectivity index is 1.93. The van der Waals surface area contributed by atoms with Gasteiger partial charge < -0.3 is 14.8 Å². The maximum Gasteiger partial charge on any atom is 0.0590 e. The molecule has 3 heteroatoms. The first-order chi connectivity index (χ1) is 6.34. The number of ether oxygens (including phenoxy) is 2. The fourth-order valence-electron chi connectivity index (χ4n) is 1.62. The normalized spacial score (nSPS) is 28.2. The van der Waals surface area contributed by atoms with Gasteiger partial charge in [-0.1, -0.05) is 0 Å². The van der Waals surface area contributed by atoms with Gasteiger partial charge in [-0.3, -0.25) is 0 Å². The largest absolute Gasteiger partial charge is 0.380 e. The first-order valence-corrected chi connectivity index (χ1v) is 5.24. The maximum atomic E-state index is 5.47. The smallest absolute Gasteiger partial charge is 0.0590 e. The van der Waals surface area contributed by atoms with Gasteiger partial charge in [0.2, 0.25) is 0 Å². The molecule has 1 saturated heterocycles. The molecule has 1 aliphatic heterocycles. The van der Waals surface area contributed by atoms with Crippen molar-refractivity contribution in [2.75, 3.05) is 32.9 Å². The molecule has 3 nitrogen and oxygen atoms in total. The lowest BCUT2D eigenvalue weighted by atomic mass is 10.0. The van der Waals surface area contributed by atoms with Crippen LogP contribution in [0.2, 0.25) is 0 Å². The van der Waals surface area contributed by atoms with E-state index in [1.54, 1.807) is 0 Å². The molecule has 0 aromatic heterocycles. The summed E-state index contributed by atoms with van der Waals surface area (Å²) in [5, 5.41) is 3.39. The summed E-state index contributed by atoms with van der Waals surface area (Å²) in [5.41, 5.74) is 0. The Kier molecular flexibility index (Phi) is 5.35. The molecular weight excluding hydrogens is 166 g/mol. The summed E-state index contributed by atoms with van der Waals surface area (Å²) in [6.07, 6.45) is 1.63. The third-order valence-corrected chi connectivity index (χ3v) is 2.57. The first kappa shape index (κ1) is 11.0. The van der Waals surface area contributed by atoms with Crippen LogP contribution in [0.25, 0.3) is 0 Å². The zero-order valence-electron chi connectivity index (χ0n) is 8.71. The van der Waals surface area contributed by atoms with E-state index in [0.717, 1.165) is 32.9 Å². The quantitative estimate of drug-likeness (QED) is 0.630. The van der Waals surface area contributed by atoms with E-state index in [1.807, 2.05) is 6.92 Å². The van der Waals surface area contributed by atoms with Gasteiger partial charge in [-0.2, -0.15) is 0 Å². The number of hydrogen-bond acceptors (Lipinski definition) is 3. The lowest BCUT2D eigenvalue weighted by Crippen LogP contribution is -2.29. The molecule has 0 bridgehead atoms. The van der Waals surface area contributed by atoms with Gasteiger partial charge in [-0.05, 0) is 26.2 Å². The van der Waals surface area contributed by atoms with Crippen LogP contribution in [0.1, 0.15) is 20.3 Å². The van der Waals surface area contributed by atoms with E-state index in [2.05, 4.69) is 12.2 Å². The zero-order valence-corrected chi connectivity index (χ0v) is 8.71. The Labute approximate surface area is 80.8 Å². The molecule has 0 spiro atoms. The van der Waals surface area contributed by atoms with Crippen LogP contribution >= 0.6 is 0 Å². The standard InChI is InChI=1S/C10H21NO2/c1-3-12-7-5-11-8-10-4-6-13-9(10)2/h9-11H,3-8H2,1-2H3. The second kappa shape index (κ2) is 6.35. The predicted octanol–water partition coefficient (Wildman–Crippen LogP) is 1.04. The molecule has 0 aliphatic carbocycles. The monoisotopic (exact) mass is 187 g/mol. The molecule has 13 heavy (non-hydrogen) atoms. The van der Waals surface area contributed by atoms with Crippen molar-refractivity contribution >= 4 is 0 Å². The molecule has 0 radical (unpaired) electrons. The lowest BCUT2D eigenvalue weighted by Gasteiger charge is -2.14. The second-order valence-corrected chi connectivity index (χ2v) is 3.53. The molecule has 0 aromatic rings. The lowest BCUT2D eigenvalue weighted by molar-refractivity contribution is 0.104. The molecule has 0 amide bonds.